The van der Waals surface area contributed by atoms with Crippen molar-refractivity contribution in [2.45, 2.75) is 51.6 Å². The minimum Gasteiger partial charge on any atom is -0.504 e. The molecule has 0 aromatic heterocycles. The molecule has 0 spiro atoms. The molecule has 8 heteroatoms. The number of nitrogens with one attached hydrogen (secondary N) is 1. The lowest BCUT2D eigenvalue weighted by molar-refractivity contribution is -0.153. The molecule has 1 aliphatic heterocycles. The number of nitrogens with zero attached hydrogens (tertiary/aromatic N) is 1. The molecule has 1 aromatic carbocycles. The number of phenols is 1. The number of aromatic hydroxyl groups is 1. The Bertz CT molecular complexity index is 733. The molecule has 3 N–H and O–H groups in total. The van der Waals surface area contributed by atoms with E-state index in [4.69, 9.17) is 9.84 Å². The molecule has 0 saturated carbocycles. The van der Waals surface area contributed by atoms with Crippen LogP contribution in [-0.2, 0) is 20.8 Å². The standard InChI is InChI=1S/C20H28N2O6/c1-12(2)9-14-20(27)22(15(11-18(24)25)19(26)21-14)8-4-5-13-6-7-16(23)17(10-13)28-3/h6-7,10,12,14-15,23H,4-5,8-9,11H2,1-3H3,(H,21,26)(H,24,25). The van der Waals surface area contributed by atoms with E-state index < -0.39 is 30.4 Å². The normalized spacial score (nSPS) is 19.6. The topological polar surface area (TPSA) is 116 Å². The summed E-state index contributed by atoms with van der Waals surface area (Å²) in [6.07, 6.45) is 1.24. The third kappa shape index (κ3) is 5.37. The van der Waals surface area contributed by atoms with Crippen molar-refractivity contribution in [2.75, 3.05) is 13.7 Å². The second-order valence-corrected chi connectivity index (χ2v) is 7.45. The molecule has 1 heterocycles. The van der Waals surface area contributed by atoms with Crippen molar-refractivity contribution >= 4 is 17.8 Å². The molecule has 1 saturated heterocycles. The number of phenolic OH excluding ortho intramolecular Hbond substituents is 1. The van der Waals surface area contributed by atoms with Crippen LogP contribution >= 0.6 is 0 Å². The van der Waals surface area contributed by atoms with Gasteiger partial charge in [-0.15, -0.1) is 0 Å². The zero-order valence-electron chi connectivity index (χ0n) is 16.5. The number of aryl methyl sites for hydroxylation is 1. The van der Waals surface area contributed by atoms with Gasteiger partial charge in [0.25, 0.3) is 0 Å². The zero-order valence-corrected chi connectivity index (χ0v) is 16.5. The van der Waals surface area contributed by atoms with Gasteiger partial charge in [-0.2, -0.15) is 0 Å². The Balaban J connectivity index is 2.09. The van der Waals surface area contributed by atoms with Crippen LogP contribution in [0, 0.1) is 5.92 Å². The average molecular weight is 392 g/mol. The lowest BCUT2D eigenvalue weighted by atomic mass is 9.97. The fourth-order valence-electron chi connectivity index (χ4n) is 3.42. The number of rotatable bonds is 9. The highest BCUT2D eigenvalue weighted by molar-refractivity contribution is 5.98. The number of carboxylic acids is 1. The van der Waals surface area contributed by atoms with E-state index in [1.165, 1.54) is 12.0 Å². The van der Waals surface area contributed by atoms with Gasteiger partial charge in [-0.3, -0.25) is 14.4 Å². The Morgan fingerprint density at radius 1 is 1.32 bits per heavy atom. The average Bonchev–Trinajstić information content (AvgIpc) is 2.62. The van der Waals surface area contributed by atoms with Crippen molar-refractivity contribution in [3.63, 3.8) is 0 Å². The molecule has 0 radical (unpaired) electrons. The lowest BCUT2D eigenvalue weighted by Gasteiger charge is -2.39. The van der Waals surface area contributed by atoms with E-state index in [-0.39, 0.29) is 24.1 Å². The lowest BCUT2D eigenvalue weighted by Crippen LogP contribution is -2.64. The van der Waals surface area contributed by atoms with E-state index in [1.54, 1.807) is 18.2 Å². The number of carbonyl (C=O) groups is 3. The molecule has 28 heavy (non-hydrogen) atoms. The van der Waals surface area contributed by atoms with Gasteiger partial charge in [0.05, 0.1) is 13.5 Å². The van der Waals surface area contributed by atoms with E-state index >= 15 is 0 Å². The van der Waals surface area contributed by atoms with Crippen molar-refractivity contribution in [1.29, 1.82) is 0 Å². The summed E-state index contributed by atoms with van der Waals surface area (Å²) >= 11 is 0. The summed E-state index contributed by atoms with van der Waals surface area (Å²) in [6.45, 7) is 4.21. The van der Waals surface area contributed by atoms with Crippen LogP contribution in [0.15, 0.2) is 18.2 Å². The van der Waals surface area contributed by atoms with Gasteiger partial charge in [0.2, 0.25) is 11.8 Å². The predicted molar refractivity (Wildman–Crippen MR) is 102 cm³/mol. The fraction of sp³-hybridized carbons (Fsp3) is 0.550. The first-order valence-corrected chi connectivity index (χ1v) is 9.41. The van der Waals surface area contributed by atoms with E-state index in [1.807, 2.05) is 13.8 Å². The second-order valence-electron chi connectivity index (χ2n) is 7.45. The van der Waals surface area contributed by atoms with Gasteiger partial charge in [0.15, 0.2) is 11.5 Å². The summed E-state index contributed by atoms with van der Waals surface area (Å²) in [7, 11) is 1.47. The van der Waals surface area contributed by atoms with Gasteiger partial charge in [-0.25, -0.2) is 0 Å². The molecule has 8 nitrogen and oxygen atoms in total. The molecule has 154 valence electrons. The molecule has 2 rings (SSSR count). The minimum atomic E-state index is -1.12. The summed E-state index contributed by atoms with van der Waals surface area (Å²) in [5.74, 6) is -1.14. The van der Waals surface area contributed by atoms with E-state index in [0.717, 1.165) is 5.56 Å². The smallest absolute Gasteiger partial charge is 0.305 e. The number of aliphatic carboxylic acids is 1. The summed E-state index contributed by atoms with van der Waals surface area (Å²) in [6, 6.07) is 3.41. The van der Waals surface area contributed by atoms with Crippen LogP contribution in [0.3, 0.4) is 0 Å². The van der Waals surface area contributed by atoms with Crippen LogP contribution < -0.4 is 10.1 Å². The van der Waals surface area contributed by atoms with Gasteiger partial charge in [0, 0.05) is 6.54 Å². The number of methoxy groups -OCH3 is 1. The molecular weight excluding hydrogens is 364 g/mol. The van der Waals surface area contributed by atoms with Crippen LogP contribution in [0.25, 0.3) is 0 Å². The number of ether oxygens (including phenoxy) is 1. The first kappa shape index (κ1) is 21.5. The summed E-state index contributed by atoms with van der Waals surface area (Å²) in [5.41, 5.74) is 0.914. The first-order chi connectivity index (χ1) is 13.2. The quantitative estimate of drug-likeness (QED) is 0.587. The molecular formula is C20H28N2O6. The van der Waals surface area contributed by atoms with Crippen molar-refractivity contribution in [2.24, 2.45) is 5.92 Å². The van der Waals surface area contributed by atoms with Crippen LogP contribution in [-0.4, -0.2) is 58.6 Å². The highest BCUT2D eigenvalue weighted by atomic mass is 16.5. The monoisotopic (exact) mass is 392 g/mol. The minimum absolute atomic E-state index is 0.0483. The summed E-state index contributed by atoms with van der Waals surface area (Å²) in [5, 5.41) is 21.5. The molecule has 1 fully saturated rings. The number of hydrogen-bond acceptors (Lipinski definition) is 5. The van der Waals surface area contributed by atoms with Gasteiger partial charge < -0.3 is 25.2 Å². The number of carboxylic acid groups (broad SMARTS) is 1. The Morgan fingerprint density at radius 2 is 2.04 bits per heavy atom. The highest BCUT2D eigenvalue weighted by Gasteiger charge is 2.41. The summed E-state index contributed by atoms with van der Waals surface area (Å²) in [4.78, 5) is 37.8. The van der Waals surface area contributed by atoms with E-state index in [9.17, 15) is 19.5 Å². The SMILES string of the molecule is COc1cc(CCCN2C(=O)C(CC(C)C)NC(=O)C2CC(=O)O)ccc1O. The summed E-state index contributed by atoms with van der Waals surface area (Å²) < 4.78 is 5.09. The molecule has 0 bridgehead atoms. The van der Waals surface area contributed by atoms with Crippen molar-refractivity contribution < 1.29 is 29.3 Å². The number of piperazine rings is 1. The maximum Gasteiger partial charge on any atom is 0.305 e. The second kappa shape index (κ2) is 9.43. The van der Waals surface area contributed by atoms with Gasteiger partial charge >= 0.3 is 5.97 Å². The van der Waals surface area contributed by atoms with Crippen LogP contribution in [0.1, 0.15) is 38.7 Å². The maximum atomic E-state index is 12.9. The Morgan fingerprint density at radius 3 is 2.64 bits per heavy atom. The Labute approximate surface area is 164 Å². The molecule has 1 aliphatic rings. The number of hydrogen-bond donors (Lipinski definition) is 3. The Hall–Kier alpha value is -2.77. The van der Waals surface area contributed by atoms with Crippen LogP contribution in [0.5, 0.6) is 11.5 Å². The Kier molecular flexibility index (Phi) is 7.25. The van der Waals surface area contributed by atoms with Gasteiger partial charge in [-0.1, -0.05) is 19.9 Å². The van der Waals surface area contributed by atoms with Crippen LogP contribution in [0.2, 0.25) is 0 Å². The highest BCUT2D eigenvalue weighted by Crippen LogP contribution is 2.27. The maximum absolute atomic E-state index is 12.9. The van der Waals surface area contributed by atoms with E-state index in [2.05, 4.69) is 5.32 Å². The molecule has 2 unspecified atom stereocenters. The number of carbonyl (C=O) groups excluding carboxylic acids is 2. The van der Waals surface area contributed by atoms with Gasteiger partial charge in [0.1, 0.15) is 12.1 Å². The predicted octanol–water partition coefficient (Wildman–Crippen LogP) is 1.55. The zero-order chi connectivity index (χ0) is 20.8. The van der Waals surface area contributed by atoms with Crippen molar-refractivity contribution in [1.82, 2.24) is 10.2 Å². The third-order valence-corrected chi connectivity index (χ3v) is 4.76. The van der Waals surface area contributed by atoms with Crippen molar-refractivity contribution in [3.8, 4) is 11.5 Å². The van der Waals surface area contributed by atoms with Gasteiger partial charge in [-0.05, 0) is 42.9 Å². The fourth-order valence-corrected chi connectivity index (χ4v) is 3.42. The number of benzene rings is 1. The third-order valence-electron chi connectivity index (χ3n) is 4.76. The largest absolute Gasteiger partial charge is 0.504 e. The molecule has 2 amide bonds. The molecule has 0 aliphatic carbocycles. The number of amides is 2. The molecule has 1 aromatic rings. The van der Waals surface area contributed by atoms with Crippen molar-refractivity contribution in [3.05, 3.63) is 23.8 Å². The van der Waals surface area contributed by atoms with E-state index in [0.29, 0.717) is 25.0 Å². The van der Waals surface area contributed by atoms with Crippen LogP contribution in [0.4, 0.5) is 0 Å². The molecule has 2 atom stereocenters. The first-order valence-electron chi connectivity index (χ1n) is 9.41.